The molecular formula is C20H19ClN2O5S. The van der Waals surface area contributed by atoms with E-state index in [1.165, 1.54) is 18.4 Å². The minimum absolute atomic E-state index is 0.0188. The number of rotatable bonds is 8. The third-order valence-corrected chi connectivity index (χ3v) is 5.54. The van der Waals surface area contributed by atoms with Gasteiger partial charge in [-0.3, -0.25) is 4.79 Å². The maximum atomic E-state index is 12.5. The van der Waals surface area contributed by atoms with Gasteiger partial charge < -0.3 is 14.5 Å². The van der Waals surface area contributed by atoms with Gasteiger partial charge in [-0.1, -0.05) is 23.7 Å². The molecule has 2 N–H and O–H groups in total. The van der Waals surface area contributed by atoms with Crippen molar-refractivity contribution in [2.24, 2.45) is 0 Å². The van der Waals surface area contributed by atoms with Crippen molar-refractivity contribution >= 4 is 33.2 Å². The molecule has 3 aromatic rings. The number of amides is 1. The lowest BCUT2D eigenvalue weighted by atomic mass is 10.3. The third kappa shape index (κ3) is 5.83. The first-order chi connectivity index (χ1) is 13.8. The fraction of sp³-hybridized carbons (Fsp3) is 0.150. The molecule has 0 saturated heterocycles. The van der Waals surface area contributed by atoms with Crippen LogP contribution in [0.1, 0.15) is 12.7 Å². The zero-order chi connectivity index (χ0) is 20.9. The van der Waals surface area contributed by atoms with Crippen molar-refractivity contribution in [2.75, 3.05) is 5.32 Å². The Bertz CT molecular complexity index is 1080. The van der Waals surface area contributed by atoms with Crippen molar-refractivity contribution < 1.29 is 22.4 Å². The number of carbonyl (C=O) groups excluding carboxylic acids is 1. The zero-order valence-corrected chi connectivity index (χ0v) is 17.0. The lowest BCUT2D eigenvalue weighted by Gasteiger charge is -2.15. The van der Waals surface area contributed by atoms with Gasteiger partial charge >= 0.3 is 0 Å². The number of benzene rings is 2. The Balaban J connectivity index is 1.64. The first-order valence-corrected chi connectivity index (χ1v) is 10.5. The van der Waals surface area contributed by atoms with Crippen LogP contribution < -0.4 is 14.8 Å². The summed E-state index contributed by atoms with van der Waals surface area (Å²) in [6, 6.07) is 16.0. The molecule has 1 atom stereocenters. The smallest absolute Gasteiger partial charge is 0.265 e. The highest BCUT2D eigenvalue weighted by molar-refractivity contribution is 7.89. The summed E-state index contributed by atoms with van der Waals surface area (Å²) in [6.45, 7) is 1.61. The molecule has 1 unspecified atom stereocenters. The Morgan fingerprint density at radius 1 is 1.14 bits per heavy atom. The molecule has 0 aliphatic heterocycles. The third-order valence-electron chi connectivity index (χ3n) is 3.91. The van der Waals surface area contributed by atoms with E-state index in [0.717, 1.165) is 0 Å². The van der Waals surface area contributed by atoms with Crippen LogP contribution >= 0.6 is 11.6 Å². The Kier molecular flexibility index (Phi) is 6.58. The first-order valence-electron chi connectivity index (χ1n) is 8.69. The molecule has 0 aliphatic rings. The lowest BCUT2D eigenvalue weighted by molar-refractivity contribution is -0.122. The van der Waals surface area contributed by atoms with Crippen LogP contribution in [-0.2, 0) is 21.4 Å². The number of anilines is 1. The number of halogens is 1. The Labute approximate surface area is 173 Å². The summed E-state index contributed by atoms with van der Waals surface area (Å²) in [6.07, 6.45) is 0.651. The van der Waals surface area contributed by atoms with Crippen LogP contribution in [0.4, 0.5) is 5.69 Å². The molecule has 2 aromatic carbocycles. The van der Waals surface area contributed by atoms with Crippen LogP contribution in [0, 0.1) is 0 Å². The minimum atomic E-state index is -3.78. The highest BCUT2D eigenvalue weighted by Gasteiger charge is 2.18. The number of carbonyl (C=O) groups is 1. The summed E-state index contributed by atoms with van der Waals surface area (Å²) in [7, 11) is -3.78. The summed E-state index contributed by atoms with van der Waals surface area (Å²) in [5.74, 6) is 0.520. The van der Waals surface area contributed by atoms with Crippen LogP contribution in [0.5, 0.6) is 5.75 Å². The quantitative estimate of drug-likeness (QED) is 0.561. The second kappa shape index (κ2) is 9.13. The normalized spacial score (nSPS) is 12.3. The van der Waals surface area contributed by atoms with E-state index in [-0.39, 0.29) is 11.4 Å². The maximum absolute atomic E-state index is 12.5. The SMILES string of the molecule is CC(Oc1cccc(Cl)c1)C(=O)Nc1cccc(S(=O)(=O)NCc2ccco2)c1. The maximum Gasteiger partial charge on any atom is 0.265 e. The number of nitrogens with one attached hydrogen (secondary N) is 2. The van der Waals surface area contributed by atoms with Gasteiger partial charge in [0.05, 0.1) is 17.7 Å². The largest absolute Gasteiger partial charge is 0.481 e. The molecule has 0 aliphatic carbocycles. The number of sulfonamides is 1. The summed E-state index contributed by atoms with van der Waals surface area (Å²) < 4.78 is 38.1. The van der Waals surface area contributed by atoms with E-state index in [4.69, 9.17) is 20.8 Å². The van der Waals surface area contributed by atoms with Gasteiger partial charge in [-0.25, -0.2) is 13.1 Å². The summed E-state index contributed by atoms with van der Waals surface area (Å²) >= 11 is 5.91. The van der Waals surface area contributed by atoms with Crippen molar-refractivity contribution in [3.8, 4) is 5.75 Å². The Morgan fingerprint density at radius 2 is 1.93 bits per heavy atom. The molecule has 29 heavy (non-hydrogen) atoms. The second-order valence-electron chi connectivity index (χ2n) is 6.14. The molecular weight excluding hydrogens is 416 g/mol. The van der Waals surface area contributed by atoms with Gasteiger partial charge in [0.15, 0.2) is 6.10 Å². The molecule has 1 amide bonds. The van der Waals surface area contributed by atoms with Gasteiger partial charge in [0.2, 0.25) is 10.0 Å². The van der Waals surface area contributed by atoms with Crippen LogP contribution in [0.2, 0.25) is 5.02 Å². The van der Waals surface area contributed by atoms with Crippen molar-refractivity contribution in [3.05, 3.63) is 77.7 Å². The predicted molar refractivity (Wildman–Crippen MR) is 109 cm³/mol. The van der Waals surface area contributed by atoms with Crippen LogP contribution in [0.3, 0.4) is 0 Å². The molecule has 1 heterocycles. The predicted octanol–water partition coefficient (Wildman–Crippen LogP) is 3.82. The highest BCUT2D eigenvalue weighted by Crippen LogP contribution is 2.20. The van der Waals surface area contributed by atoms with Gasteiger partial charge in [0.1, 0.15) is 11.5 Å². The van der Waals surface area contributed by atoms with E-state index in [2.05, 4.69) is 10.0 Å². The fourth-order valence-electron chi connectivity index (χ4n) is 2.45. The molecule has 152 valence electrons. The molecule has 0 radical (unpaired) electrons. The molecule has 0 saturated carbocycles. The zero-order valence-electron chi connectivity index (χ0n) is 15.5. The van der Waals surface area contributed by atoms with Gasteiger partial charge in [-0.15, -0.1) is 0 Å². The number of ether oxygens (including phenoxy) is 1. The van der Waals surface area contributed by atoms with E-state index in [9.17, 15) is 13.2 Å². The Morgan fingerprint density at radius 3 is 2.66 bits per heavy atom. The molecule has 1 aromatic heterocycles. The standard InChI is InChI=1S/C20H19ClN2O5S/c1-14(28-17-7-2-5-15(21)11-17)20(24)23-16-6-3-9-19(12-16)29(25,26)22-13-18-8-4-10-27-18/h2-12,14,22H,13H2,1H3,(H,23,24). The molecule has 0 bridgehead atoms. The minimum Gasteiger partial charge on any atom is -0.481 e. The number of furan rings is 1. The summed E-state index contributed by atoms with van der Waals surface area (Å²) in [4.78, 5) is 12.4. The molecule has 0 spiro atoms. The highest BCUT2D eigenvalue weighted by atomic mass is 35.5. The summed E-state index contributed by atoms with van der Waals surface area (Å²) in [5, 5.41) is 3.15. The van der Waals surface area contributed by atoms with E-state index < -0.39 is 22.0 Å². The van der Waals surface area contributed by atoms with Crippen LogP contribution in [0.15, 0.2) is 76.2 Å². The molecule has 9 heteroatoms. The van der Waals surface area contributed by atoms with Crippen molar-refractivity contribution in [1.82, 2.24) is 4.72 Å². The van der Waals surface area contributed by atoms with E-state index >= 15 is 0 Å². The molecule has 7 nitrogen and oxygen atoms in total. The monoisotopic (exact) mass is 434 g/mol. The van der Waals surface area contributed by atoms with Crippen LogP contribution in [0.25, 0.3) is 0 Å². The topological polar surface area (TPSA) is 97.6 Å². The van der Waals surface area contributed by atoms with Gasteiger partial charge in [-0.05, 0) is 55.5 Å². The Hall–Kier alpha value is -2.81. The van der Waals surface area contributed by atoms with Crippen molar-refractivity contribution in [1.29, 1.82) is 0 Å². The average Bonchev–Trinajstić information content (AvgIpc) is 3.20. The van der Waals surface area contributed by atoms with Crippen LogP contribution in [-0.4, -0.2) is 20.4 Å². The van der Waals surface area contributed by atoms with Gasteiger partial charge in [0, 0.05) is 10.7 Å². The van der Waals surface area contributed by atoms with E-state index in [1.807, 2.05) is 0 Å². The second-order valence-corrected chi connectivity index (χ2v) is 8.34. The first kappa shape index (κ1) is 20.9. The average molecular weight is 435 g/mol. The fourth-order valence-corrected chi connectivity index (χ4v) is 3.66. The molecule has 3 rings (SSSR count). The molecule has 0 fully saturated rings. The van der Waals surface area contributed by atoms with Gasteiger partial charge in [-0.2, -0.15) is 0 Å². The van der Waals surface area contributed by atoms with Crippen molar-refractivity contribution in [3.63, 3.8) is 0 Å². The van der Waals surface area contributed by atoms with Crippen molar-refractivity contribution in [2.45, 2.75) is 24.5 Å². The number of hydrogen-bond donors (Lipinski definition) is 2. The van der Waals surface area contributed by atoms with Gasteiger partial charge in [0.25, 0.3) is 5.91 Å². The van der Waals surface area contributed by atoms with E-state index in [0.29, 0.717) is 22.2 Å². The number of hydrogen-bond acceptors (Lipinski definition) is 5. The lowest BCUT2D eigenvalue weighted by Crippen LogP contribution is -2.30. The summed E-state index contributed by atoms with van der Waals surface area (Å²) in [5.41, 5.74) is 0.331. The van der Waals surface area contributed by atoms with E-state index in [1.54, 1.807) is 55.5 Å².